The largest absolute Gasteiger partial charge is 0.349 e. The van der Waals surface area contributed by atoms with Crippen LogP contribution in [0.4, 0.5) is 4.79 Å². The zero-order chi connectivity index (χ0) is 20.4. The summed E-state index contributed by atoms with van der Waals surface area (Å²) in [6.45, 7) is 2.47. The maximum absolute atomic E-state index is 12.1. The number of amides is 4. The van der Waals surface area contributed by atoms with Crippen molar-refractivity contribution in [2.24, 2.45) is 0 Å². The van der Waals surface area contributed by atoms with Crippen molar-refractivity contribution in [3.05, 3.63) is 30.0 Å². The molecule has 0 bridgehead atoms. The molecule has 0 aromatic carbocycles. The van der Waals surface area contributed by atoms with Gasteiger partial charge in [0.2, 0.25) is 11.8 Å². The molecule has 0 unspecified atom stereocenters. The van der Waals surface area contributed by atoms with Crippen LogP contribution in [0.1, 0.15) is 24.5 Å². The fourth-order valence-corrected chi connectivity index (χ4v) is 2.92. The fraction of sp³-hybridized carbons (Fsp3) is 0.353. The van der Waals surface area contributed by atoms with Crippen molar-refractivity contribution in [2.75, 3.05) is 13.1 Å². The van der Waals surface area contributed by atoms with Crippen LogP contribution in [0.2, 0.25) is 0 Å². The van der Waals surface area contributed by atoms with E-state index in [1.54, 1.807) is 29.7 Å². The van der Waals surface area contributed by atoms with E-state index in [9.17, 15) is 14.4 Å². The van der Waals surface area contributed by atoms with Gasteiger partial charge in [0.15, 0.2) is 17.3 Å². The van der Waals surface area contributed by atoms with Crippen LogP contribution < -0.4 is 10.6 Å². The smallest absolute Gasteiger partial charge is 0.324 e. The highest BCUT2D eigenvalue weighted by molar-refractivity contribution is 5.96. The molecule has 12 nitrogen and oxygen atoms in total. The summed E-state index contributed by atoms with van der Waals surface area (Å²) in [6, 6.07) is 3.09. The van der Waals surface area contributed by atoms with Crippen molar-refractivity contribution in [1.82, 2.24) is 40.3 Å². The number of rotatable bonds is 6. The number of hydrogen-bond donors (Lipinski definition) is 2. The number of imide groups is 1. The average molecular weight is 398 g/mol. The van der Waals surface area contributed by atoms with Gasteiger partial charge in [-0.15, -0.1) is 10.2 Å². The number of nitrogens with zero attached hydrogens (tertiary/aromatic N) is 6. The van der Waals surface area contributed by atoms with Crippen molar-refractivity contribution in [1.29, 1.82) is 0 Å². The Morgan fingerprint density at radius 3 is 2.97 bits per heavy atom. The lowest BCUT2D eigenvalue weighted by atomic mass is 10.2. The maximum Gasteiger partial charge on any atom is 0.324 e. The third-order valence-electron chi connectivity index (χ3n) is 4.45. The molecule has 2 N–H and O–H groups in total. The van der Waals surface area contributed by atoms with E-state index in [1.807, 2.05) is 0 Å². The Labute approximate surface area is 164 Å². The van der Waals surface area contributed by atoms with Gasteiger partial charge in [-0.05, 0) is 19.1 Å². The lowest BCUT2D eigenvalue weighted by Crippen LogP contribution is -2.50. The molecule has 3 aromatic heterocycles. The molecule has 150 valence electrons. The maximum atomic E-state index is 12.1. The summed E-state index contributed by atoms with van der Waals surface area (Å²) in [5.74, 6) is 0.962. The van der Waals surface area contributed by atoms with Crippen molar-refractivity contribution in [2.45, 2.75) is 26.3 Å². The second-order valence-corrected chi connectivity index (χ2v) is 6.52. The van der Waals surface area contributed by atoms with E-state index in [1.165, 1.54) is 4.90 Å². The van der Waals surface area contributed by atoms with E-state index >= 15 is 0 Å². The number of urea groups is 1. The summed E-state index contributed by atoms with van der Waals surface area (Å²) in [5.41, 5.74) is 1.30. The van der Waals surface area contributed by atoms with Gasteiger partial charge in [-0.2, -0.15) is 4.98 Å². The Hall–Kier alpha value is -3.83. The number of fused-ring (bicyclic) bond motifs is 1. The summed E-state index contributed by atoms with van der Waals surface area (Å²) in [7, 11) is 0. The Morgan fingerprint density at radius 2 is 2.21 bits per heavy atom. The molecule has 12 heteroatoms. The molecule has 4 amide bonds. The molecular formula is C17H18N8O4. The molecule has 0 saturated carbocycles. The van der Waals surface area contributed by atoms with Gasteiger partial charge < -0.3 is 14.7 Å². The molecular weight excluding hydrogens is 380 g/mol. The molecule has 4 rings (SSSR count). The van der Waals surface area contributed by atoms with Crippen LogP contribution in [0.15, 0.2) is 22.9 Å². The molecule has 1 aliphatic heterocycles. The van der Waals surface area contributed by atoms with Gasteiger partial charge in [-0.25, -0.2) is 4.79 Å². The van der Waals surface area contributed by atoms with E-state index in [0.29, 0.717) is 29.7 Å². The summed E-state index contributed by atoms with van der Waals surface area (Å²) >= 11 is 0. The second kappa shape index (κ2) is 7.66. The first-order valence-electron chi connectivity index (χ1n) is 8.99. The van der Waals surface area contributed by atoms with Crippen LogP contribution in [0.3, 0.4) is 0 Å². The number of carbonyl (C=O) groups excluding carboxylic acids is 3. The summed E-state index contributed by atoms with van der Waals surface area (Å²) < 4.78 is 6.90. The highest BCUT2D eigenvalue weighted by Gasteiger charge is 2.23. The van der Waals surface area contributed by atoms with Crippen molar-refractivity contribution < 1.29 is 18.9 Å². The minimum absolute atomic E-state index is 0.124. The van der Waals surface area contributed by atoms with Crippen LogP contribution >= 0.6 is 0 Å². The third kappa shape index (κ3) is 4.05. The monoisotopic (exact) mass is 398 g/mol. The zero-order valence-electron chi connectivity index (χ0n) is 15.6. The van der Waals surface area contributed by atoms with Gasteiger partial charge in [0.1, 0.15) is 0 Å². The van der Waals surface area contributed by atoms with Crippen LogP contribution in [0, 0.1) is 6.92 Å². The number of aromatic nitrogens is 5. The van der Waals surface area contributed by atoms with Gasteiger partial charge in [0.25, 0.3) is 5.89 Å². The van der Waals surface area contributed by atoms with E-state index in [2.05, 4.69) is 31.0 Å². The first kappa shape index (κ1) is 18.5. The van der Waals surface area contributed by atoms with Gasteiger partial charge in [0.05, 0.1) is 6.54 Å². The first-order chi connectivity index (χ1) is 14.0. The van der Waals surface area contributed by atoms with Crippen LogP contribution in [0.25, 0.3) is 17.1 Å². The zero-order valence-corrected chi connectivity index (χ0v) is 15.6. The molecule has 1 saturated heterocycles. The van der Waals surface area contributed by atoms with Crippen LogP contribution in [-0.4, -0.2) is 60.6 Å². The predicted molar refractivity (Wildman–Crippen MR) is 97.2 cm³/mol. The highest BCUT2D eigenvalue weighted by Crippen LogP contribution is 2.18. The number of hydrogen-bond acceptors (Lipinski definition) is 8. The quantitative estimate of drug-likeness (QED) is 0.591. The van der Waals surface area contributed by atoms with Crippen molar-refractivity contribution in [3.8, 4) is 11.5 Å². The van der Waals surface area contributed by atoms with Crippen molar-refractivity contribution >= 4 is 23.5 Å². The lowest BCUT2D eigenvalue weighted by Gasteiger charge is -2.26. The summed E-state index contributed by atoms with van der Waals surface area (Å²) in [5, 5.41) is 17.0. The van der Waals surface area contributed by atoms with E-state index in [4.69, 9.17) is 4.52 Å². The number of carbonyl (C=O) groups is 3. The Kier molecular flexibility index (Phi) is 4.89. The molecule has 0 atom stereocenters. The summed E-state index contributed by atoms with van der Waals surface area (Å²) in [6.07, 6.45) is 2.13. The van der Waals surface area contributed by atoms with E-state index in [-0.39, 0.29) is 37.7 Å². The summed E-state index contributed by atoms with van der Waals surface area (Å²) in [4.78, 5) is 40.5. The Bertz CT molecular complexity index is 1090. The molecule has 1 aliphatic rings. The number of nitrogens with one attached hydrogen (secondary N) is 2. The molecule has 4 heterocycles. The highest BCUT2D eigenvalue weighted by atomic mass is 16.5. The number of aryl methyl sites for hydroxylation is 1. The first-order valence-corrected chi connectivity index (χ1v) is 8.99. The SMILES string of the molecule is Cc1noc(-c2ccn3c(CNC(=O)CCN4CCC(=O)NC4=O)nnc3c2)n1. The average Bonchev–Trinajstić information content (AvgIpc) is 3.31. The van der Waals surface area contributed by atoms with Gasteiger partial charge in [-0.1, -0.05) is 5.16 Å². The Balaban J connectivity index is 1.34. The Morgan fingerprint density at radius 1 is 1.34 bits per heavy atom. The van der Waals surface area contributed by atoms with Gasteiger partial charge in [0, 0.05) is 37.7 Å². The van der Waals surface area contributed by atoms with Crippen LogP contribution in [-0.2, 0) is 16.1 Å². The topological polar surface area (TPSA) is 148 Å². The van der Waals surface area contributed by atoms with Crippen molar-refractivity contribution in [3.63, 3.8) is 0 Å². The molecule has 0 radical (unpaired) electrons. The third-order valence-corrected chi connectivity index (χ3v) is 4.45. The standard InChI is InChI=1S/C17H18N8O4/c1-10-19-16(29-23-10)11-2-7-25-12(8-11)21-22-13(25)9-18-14(26)3-5-24-6-4-15(27)20-17(24)28/h2,7-8H,3-6,9H2,1H3,(H,18,26)(H,20,27,28). The normalized spacial score (nSPS) is 14.3. The number of pyridine rings is 1. The molecule has 1 fully saturated rings. The fourth-order valence-electron chi connectivity index (χ4n) is 2.92. The molecule has 3 aromatic rings. The van der Waals surface area contributed by atoms with E-state index in [0.717, 1.165) is 5.56 Å². The molecule has 29 heavy (non-hydrogen) atoms. The molecule has 0 spiro atoms. The molecule has 0 aliphatic carbocycles. The minimum atomic E-state index is -0.468. The van der Waals surface area contributed by atoms with Crippen LogP contribution in [0.5, 0.6) is 0 Å². The van der Waals surface area contributed by atoms with Gasteiger partial charge in [-0.3, -0.25) is 19.3 Å². The van der Waals surface area contributed by atoms with E-state index < -0.39 is 6.03 Å². The lowest BCUT2D eigenvalue weighted by molar-refractivity contribution is -0.121. The minimum Gasteiger partial charge on any atom is -0.349 e. The second-order valence-electron chi connectivity index (χ2n) is 6.52. The predicted octanol–water partition coefficient (Wildman–Crippen LogP) is 0.0359. The van der Waals surface area contributed by atoms with Gasteiger partial charge >= 0.3 is 6.03 Å².